The van der Waals surface area contributed by atoms with Gasteiger partial charge in [-0.15, -0.1) is 0 Å². The molecule has 3 aromatic rings. The number of nitrogens with one attached hydrogen (secondary N) is 1. The molecule has 0 bridgehead atoms. The van der Waals surface area contributed by atoms with E-state index in [0.717, 1.165) is 40.3 Å². The van der Waals surface area contributed by atoms with Crippen LogP contribution in [-0.2, 0) is 0 Å². The lowest BCUT2D eigenvalue weighted by molar-refractivity contribution is 0.0735. The number of benzene rings is 1. The summed E-state index contributed by atoms with van der Waals surface area (Å²) in [4.78, 5) is 7.91. The van der Waals surface area contributed by atoms with Crippen LogP contribution in [0.15, 0.2) is 30.3 Å². The van der Waals surface area contributed by atoms with Gasteiger partial charge in [0.25, 0.3) is 0 Å². The van der Waals surface area contributed by atoms with Gasteiger partial charge >= 0.3 is 0 Å². The number of H-pyrrole nitrogens is 1. The van der Waals surface area contributed by atoms with Gasteiger partial charge in [0, 0.05) is 22.4 Å². The summed E-state index contributed by atoms with van der Waals surface area (Å²) in [6.45, 7) is 0. The number of aliphatic hydroxyl groups excluding tert-OH is 1. The van der Waals surface area contributed by atoms with E-state index in [4.69, 9.17) is 5.73 Å². The van der Waals surface area contributed by atoms with E-state index in [1.165, 1.54) is 0 Å². The van der Waals surface area contributed by atoms with Gasteiger partial charge in [-0.25, -0.2) is 4.98 Å². The maximum atomic E-state index is 9.43. The summed E-state index contributed by atoms with van der Waals surface area (Å²) in [5.41, 5.74) is 9.17. The molecule has 4 rings (SSSR count). The molecule has 0 atom stereocenters. The average molecular weight is 253 g/mol. The fourth-order valence-corrected chi connectivity index (χ4v) is 2.92. The first-order chi connectivity index (χ1) is 9.22. The Labute approximate surface area is 110 Å². The molecule has 4 heteroatoms. The smallest absolute Gasteiger partial charge is 0.133 e. The Bertz CT molecular complexity index is 772. The van der Waals surface area contributed by atoms with Crippen molar-refractivity contribution in [1.82, 2.24) is 9.97 Å². The van der Waals surface area contributed by atoms with Crippen LogP contribution in [0.3, 0.4) is 0 Å². The largest absolute Gasteiger partial charge is 0.393 e. The molecule has 2 aromatic heterocycles. The van der Waals surface area contributed by atoms with Crippen molar-refractivity contribution in [2.24, 2.45) is 0 Å². The van der Waals surface area contributed by atoms with Gasteiger partial charge < -0.3 is 15.8 Å². The maximum Gasteiger partial charge on any atom is 0.133 e. The Kier molecular flexibility index (Phi) is 2.11. The Morgan fingerprint density at radius 1 is 1.21 bits per heavy atom. The molecule has 0 aliphatic heterocycles. The van der Waals surface area contributed by atoms with Crippen LogP contribution in [0.5, 0.6) is 0 Å². The van der Waals surface area contributed by atoms with Crippen LogP contribution in [0.4, 0.5) is 5.82 Å². The van der Waals surface area contributed by atoms with Crippen LogP contribution in [0, 0.1) is 0 Å². The van der Waals surface area contributed by atoms with Gasteiger partial charge in [0.05, 0.1) is 17.1 Å². The summed E-state index contributed by atoms with van der Waals surface area (Å²) >= 11 is 0. The van der Waals surface area contributed by atoms with Crippen molar-refractivity contribution in [3.63, 3.8) is 0 Å². The van der Waals surface area contributed by atoms with Crippen LogP contribution in [0.2, 0.25) is 0 Å². The number of anilines is 1. The van der Waals surface area contributed by atoms with E-state index < -0.39 is 0 Å². The lowest BCUT2D eigenvalue weighted by atomic mass is 9.80. The van der Waals surface area contributed by atoms with Crippen LogP contribution < -0.4 is 5.73 Å². The lowest BCUT2D eigenvalue weighted by Gasteiger charge is -2.30. The fraction of sp³-hybridized carbons (Fsp3) is 0.267. The van der Waals surface area contributed by atoms with E-state index in [-0.39, 0.29) is 6.10 Å². The third kappa shape index (κ3) is 1.53. The molecule has 0 radical (unpaired) electrons. The van der Waals surface area contributed by atoms with E-state index >= 15 is 0 Å². The van der Waals surface area contributed by atoms with Crippen molar-refractivity contribution in [3.05, 3.63) is 36.0 Å². The van der Waals surface area contributed by atoms with Crippen molar-refractivity contribution < 1.29 is 5.11 Å². The van der Waals surface area contributed by atoms with E-state index in [9.17, 15) is 5.11 Å². The van der Waals surface area contributed by atoms with Crippen molar-refractivity contribution in [1.29, 1.82) is 0 Å². The molecule has 1 aliphatic carbocycles. The molecule has 96 valence electrons. The molecular weight excluding hydrogens is 238 g/mol. The molecule has 19 heavy (non-hydrogen) atoms. The summed E-state index contributed by atoms with van der Waals surface area (Å²) in [5.74, 6) is 0.983. The van der Waals surface area contributed by atoms with Crippen molar-refractivity contribution >= 4 is 27.6 Å². The van der Waals surface area contributed by atoms with Gasteiger partial charge in [-0.2, -0.15) is 0 Å². The van der Waals surface area contributed by atoms with Gasteiger partial charge in [0.1, 0.15) is 5.82 Å². The third-order valence-electron chi connectivity index (χ3n) is 4.08. The predicted molar refractivity (Wildman–Crippen MR) is 76.0 cm³/mol. The first-order valence-electron chi connectivity index (χ1n) is 6.57. The molecule has 0 saturated heterocycles. The summed E-state index contributed by atoms with van der Waals surface area (Å²) in [6, 6.07) is 10.1. The lowest BCUT2D eigenvalue weighted by Crippen LogP contribution is -2.26. The second kappa shape index (κ2) is 3.71. The summed E-state index contributed by atoms with van der Waals surface area (Å²) in [5, 5.41) is 11.5. The molecule has 1 fully saturated rings. The number of nitrogens with two attached hydrogens (primary N) is 1. The average Bonchev–Trinajstić information content (AvgIpc) is 2.80. The van der Waals surface area contributed by atoms with Gasteiger partial charge in [-0.3, -0.25) is 0 Å². The van der Waals surface area contributed by atoms with Crippen molar-refractivity contribution in [3.8, 4) is 0 Å². The van der Waals surface area contributed by atoms with Gasteiger partial charge in [0.15, 0.2) is 0 Å². The standard InChI is InChI=1S/C15H15N3O/c16-15-11-7-13(8-5-9(19)6-8)17-14(11)10-3-1-2-4-12(10)18-15/h1-4,7-9,17,19H,5-6H2,(H2,16,18). The van der Waals surface area contributed by atoms with E-state index in [1.807, 2.05) is 18.2 Å². The summed E-state index contributed by atoms with van der Waals surface area (Å²) < 4.78 is 0. The first kappa shape index (κ1) is 10.8. The molecule has 1 aliphatic rings. The SMILES string of the molecule is Nc1nc2ccccc2c2[nH]c(C3CC(O)C3)cc12. The number of pyridine rings is 1. The molecule has 4 N–H and O–H groups in total. The Morgan fingerprint density at radius 3 is 2.79 bits per heavy atom. The number of aromatic amines is 1. The van der Waals surface area contributed by atoms with Crippen LogP contribution in [0.25, 0.3) is 21.8 Å². The third-order valence-corrected chi connectivity index (χ3v) is 4.08. The molecular formula is C15H15N3O. The number of fused-ring (bicyclic) bond motifs is 3. The maximum absolute atomic E-state index is 9.43. The molecule has 0 spiro atoms. The molecule has 1 saturated carbocycles. The van der Waals surface area contributed by atoms with Crippen LogP contribution >= 0.6 is 0 Å². The topological polar surface area (TPSA) is 74.9 Å². The van der Waals surface area contributed by atoms with Crippen molar-refractivity contribution in [2.75, 3.05) is 5.73 Å². The van der Waals surface area contributed by atoms with Crippen LogP contribution in [-0.4, -0.2) is 21.2 Å². The highest BCUT2D eigenvalue weighted by Crippen LogP contribution is 2.39. The Hall–Kier alpha value is -2.07. The minimum atomic E-state index is -0.149. The monoisotopic (exact) mass is 253 g/mol. The fourth-order valence-electron chi connectivity index (χ4n) is 2.92. The predicted octanol–water partition coefficient (Wildman–Crippen LogP) is 2.54. The number of nitrogens with zero attached hydrogens (tertiary/aromatic N) is 1. The number of hydrogen-bond acceptors (Lipinski definition) is 3. The normalized spacial score (nSPS) is 22.8. The molecule has 0 unspecified atom stereocenters. The number of aliphatic hydroxyl groups is 1. The highest BCUT2D eigenvalue weighted by Gasteiger charge is 2.30. The summed E-state index contributed by atoms with van der Waals surface area (Å²) in [7, 11) is 0. The summed E-state index contributed by atoms with van der Waals surface area (Å²) in [6.07, 6.45) is 1.51. The number of rotatable bonds is 1. The first-order valence-corrected chi connectivity index (χ1v) is 6.57. The zero-order valence-electron chi connectivity index (χ0n) is 10.4. The number of aromatic nitrogens is 2. The van der Waals surface area contributed by atoms with Crippen LogP contribution in [0.1, 0.15) is 24.5 Å². The Morgan fingerprint density at radius 2 is 2.00 bits per heavy atom. The van der Waals surface area contributed by atoms with E-state index in [2.05, 4.69) is 22.1 Å². The van der Waals surface area contributed by atoms with E-state index in [1.54, 1.807) is 0 Å². The quantitative estimate of drug-likeness (QED) is 0.624. The van der Waals surface area contributed by atoms with Gasteiger partial charge in [-0.05, 0) is 25.0 Å². The van der Waals surface area contributed by atoms with E-state index in [0.29, 0.717) is 11.7 Å². The molecule has 2 heterocycles. The second-order valence-corrected chi connectivity index (χ2v) is 5.35. The molecule has 1 aromatic carbocycles. The minimum absolute atomic E-state index is 0.149. The molecule has 4 nitrogen and oxygen atoms in total. The Balaban J connectivity index is 1.96. The van der Waals surface area contributed by atoms with Crippen molar-refractivity contribution in [2.45, 2.75) is 24.9 Å². The number of hydrogen-bond donors (Lipinski definition) is 3. The second-order valence-electron chi connectivity index (χ2n) is 5.35. The highest BCUT2D eigenvalue weighted by molar-refractivity contribution is 6.08. The minimum Gasteiger partial charge on any atom is -0.393 e. The number of para-hydroxylation sites is 1. The molecule has 0 amide bonds. The van der Waals surface area contributed by atoms with Gasteiger partial charge in [-0.1, -0.05) is 18.2 Å². The zero-order valence-corrected chi connectivity index (χ0v) is 10.4. The number of nitrogen functional groups attached to an aromatic ring is 1. The van der Waals surface area contributed by atoms with Gasteiger partial charge in [0.2, 0.25) is 0 Å². The zero-order chi connectivity index (χ0) is 13.0. The highest BCUT2D eigenvalue weighted by atomic mass is 16.3.